The monoisotopic (exact) mass is 385 g/mol. The molecule has 0 saturated carbocycles. The van der Waals surface area contributed by atoms with E-state index in [1.807, 2.05) is 6.07 Å². The lowest BCUT2D eigenvalue weighted by Gasteiger charge is -2.26. The Hall–Kier alpha value is -2.37. The van der Waals surface area contributed by atoms with Crippen molar-refractivity contribution < 1.29 is 19.4 Å². The van der Waals surface area contributed by atoms with E-state index < -0.39 is 12.1 Å². The van der Waals surface area contributed by atoms with Crippen molar-refractivity contribution in [3.8, 4) is 5.75 Å². The van der Waals surface area contributed by atoms with Crippen LogP contribution < -0.4 is 10.1 Å². The molecule has 2 atom stereocenters. The molecule has 3 rings (SSSR count). The van der Waals surface area contributed by atoms with E-state index in [9.17, 15) is 4.79 Å². The molecule has 2 N–H and O–H groups in total. The Morgan fingerprint density at radius 1 is 1.18 bits per heavy atom. The Balaban J connectivity index is 0.000000209. The molecule has 28 heavy (non-hydrogen) atoms. The van der Waals surface area contributed by atoms with Crippen LogP contribution >= 0.6 is 0 Å². The molecule has 0 bridgehead atoms. The van der Waals surface area contributed by atoms with Crippen molar-refractivity contribution >= 4 is 5.97 Å². The average Bonchev–Trinajstić information content (AvgIpc) is 2.73. The smallest absolute Gasteiger partial charge is 0.337 e. The summed E-state index contributed by atoms with van der Waals surface area (Å²) in [7, 11) is 3.14. The van der Waals surface area contributed by atoms with Gasteiger partial charge in [0.2, 0.25) is 0 Å². The minimum absolute atomic E-state index is 0.652. The van der Waals surface area contributed by atoms with Crippen LogP contribution in [-0.4, -0.2) is 37.9 Å². The second-order valence-electron chi connectivity index (χ2n) is 6.86. The quantitative estimate of drug-likeness (QED) is 0.754. The third kappa shape index (κ3) is 6.08. The lowest BCUT2D eigenvalue weighted by atomic mass is 9.87. The van der Waals surface area contributed by atoms with Gasteiger partial charge in [-0.15, -0.1) is 0 Å². The van der Waals surface area contributed by atoms with E-state index in [-0.39, 0.29) is 0 Å². The molecule has 0 heterocycles. The highest BCUT2D eigenvalue weighted by atomic mass is 16.5. The summed E-state index contributed by atoms with van der Waals surface area (Å²) in [5.74, 6) is 0.0927. The average molecular weight is 386 g/mol. The normalized spacial score (nSPS) is 16.3. The van der Waals surface area contributed by atoms with Gasteiger partial charge in [0.1, 0.15) is 5.75 Å². The zero-order valence-electron chi connectivity index (χ0n) is 17.0. The number of aliphatic carboxylic acids is 1. The summed E-state index contributed by atoms with van der Waals surface area (Å²) in [6, 6.07) is 15.9. The van der Waals surface area contributed by atoms with Crippen molar-refractivity contribution in [2.45, 2.75) is 44.8 Å². The lowest BCUT2D eigenvalue weighted by Crippen LogP contribution is -2.35. The van der Waals surface area contributed by atoms with Crippen LogP contribution in [0.3, 0.4) is 0 Å². The number of nitrogens with one attached hydrogen (secondary N) is 1. The number of rotatable bonds is 7. The summed E-state index contributed by atoms with van der Waals surface area (Å²) in [6.45, 7) is 3.34. The molecule has 0 amide bonds. The number of hydrogen-bond acceptors (Lipinski definition) is 4. The Labute approximate surface area is 167 Å². The van der Waals surface area contributed by atoms with E-state index in [0.29, 0.717) is 11.6 Å². The topological polar surface area (TPSA) is 67.8 Å². The van der Waals surface area contributed by atoms with Crippen molar-refractivity contribution in [3.05, 3.63) is 65.2 Å². The third-order valence-electron chi connectivity index (χ3n) is 4.90. The fraction of sp³-hybridized carbons (Fsp3) is 0.435. The van der Waals surface area contributed by atoms with E-state index in [4.69, 9.17) is 14.6 Å². The minimum Gasteiger partial charge on any atom is -0.496 e. The van der Waals surface area contributed by atoms with Crippen LogP contribution in [0.1, 0.15) is 42.6 Å². The van der Waals surface area contributed by atoms with Crippen molar-refractivity contribution in [2.24, 2.45) is 0 Å². The Bertz CT molecular complexity index is 733. The van der Waals surface area contributed by atoms with Gasteiger partial charge in [-0.25, -0.2) is 4.79 Å². The predicted octanol–water partition coefficient (Wildman–Crippen LogP) is 4.01. The molecule has 152 valence electrons. The number of fused-ring (bicyclic) bond motifs is 1. The van der Waals surface area contributed by atoms with Gasteiger partial charge in [-0.2, -0.15) is 0 Å². The van der Waals surface area contributed by atoms with Crippen LogP contribution in [0.25, 0.3) is 0 Å². The van der Waals surface area contributed by atoms with Gasteiger partial charge in [0.15, 0.2) is 6.10 Å². The van der Waals surface area contributed by atoms with Crippen LogP contribution in [0.4, 0.5) is 0 Å². The summed E-state index contributed by atoms with van der Waals surface area (Å²) in [5, 5.41) is 12.3. The zero-order chi connectivity index (χ0) is 20.4. The second kappa shape index (κ2) is 11.5. The van der Waals surface area contributed by atoms with Crippen molar-refractivity contribution in [1.82, 2.24) is 5.32 Å². The van der Waals surface area contributed by atoms with Gasteiger partial charge in [-0.3, -0.25) is 0 Å². The summed E-state index contributed by atoms with van der Waals surface area (Å²) in [5.41, 5.74) is 3.53. The molecule has 0 radical (unpaired) electrons. The number of carbonyl (C=O) groups is 1. The van der Waals surface area contributed by atoms with Crippen LogP contribution in [0.15, 0.2) is 48.5 Å². The molecule has 5 nitrogen and oxygen atoms in total. The van der Waals surface area contributed by atoms with Gasteiger partial charge in [-0.05, 0) is 55.0 Å². The Kier molecular flexibility index (Phi) is 8.98. The summed E-state index contributed by atoms with van der Waals surface area (Å²) in [4.78, 5) is 10.6. The van der Waals surface area contributed by atoms with Crippen LogP contribution in [0.5, 0.6) is 5.75 Å². The molecule has 5 heteroatoms. The lowest BCUT2D eigenvalue weighted by molar-refractivity contribution is -0.148. The summed E-state index contributed by atoms with van der Waals surface area (Å²) < 4.78 is 10.2. The molecule has 0 unspecified atom stereocenters. The zero-order valence-corrected chi connectivity index (χ0v) is 17.0. The predicted molar refractivity (Wildman–Crippen MR) is 111 cm³/mol. The van der Waals surface area contributed by atoms with Gasteiger partial charge in [0.25, 0.3) is 0 Å². The van der Waals surface area contributed by atoms with Crippen LogP contribution in [0, 0.1) is 0 Å². The first-order valence-corrected chi connectivity index (χ1v) is 9.79. The number of hydrogen-bond donors (Lipinski definition) is 2. The van der Waals surface area contributed by atoms with E-state index in [1.54, 1.807) is 31.4 Å². The van der Waals surface area contributed by atoms with Gasteiger partial charge in [0, 0.05) is 13.2 Å². The molecular formula is C23H31NO4. The number of carboxylic acids is 1. The van der Waals surface area contributed by atoms with Crippen molar-refractivity contribution in [3.63, 3.8) is 0 Å². The van der Waals surface area contributed by atoms with Gasteiger partial charge in [-0.1, -0.05) is 49.4 Å². The Morgan fingerprint density at radius 3 is 2.54 bits per heavy atom. The molecule has 0 saturated heterocycles. The first-order chi connectivity index (χ1) is 13.6. The fourth-order valence-electron chi connectivity index (χ4n) is 3.49. The fourth-order valence-corrected chi connectivity index (χ4v) is 3.49. The molecule has 1 aliphatic rings. The molecular weight excluding hydrogens is 354 g/mol. The maximum absolute atomic E-state index is 10.6. The summed E-state index contributed by atoms with van der Waals surface area (Å²) in [6.07, 6.45) is 3.87. The standard InChI is InChI=1S/C14H21NO.C9H10O3/c1-3-9-15-12-7-8-13-11(10-12)5-4-6-14(13)16-2;1-12-8(9(10)11)7-5-3-2-4-6-7/h4-6,12,15H,3,7-10H2,1-2H3;2-6,8H,1H3,(H,10,11)/t12-;8-/m11/s1. The molecule has 2 aromatic carbocycles. The molecule has 0 fully saturated rings. The van der Waals surface area contributed by atoms with Crippen LogP contribution in [0.2, 0.25) is 0 Å². The molecule has 0 spiro atoms. The molecule has 0 aliphatic heterocycles. The molecule has 2 aromatic rings. The van der Waals surface area contributed by atoms with Crippen molar-refractivity contribution in [2.75, 3.05) is 20.8 Å². The van der Waals surface area contributed by atoms with Crippen LogP contribution in [-0.2, 0) is 22.4 Å². The third-order valence-corrected chi connectivity index (χ3v) is 4.90. The molecule has 1 aliphatic carbocycles. The number of ether oxygens (including phenoxy) is 2. The minimum atomic E-state index is -0.969. The first kappa shape index (κ1) is 21.9. The SMILES string of the molecule is CCCN[C@@H]1CCc2c(cccc2OC)C1.CO[C@@H](C(=O)O)c1ccccc1. The largest absolute Gasteiger partial charge is 0.496 e. The maximum atomic E-state index is 10.6. The van der Waals surface area contributed by atoms with E-state index in [0.717, 1.165) is 25.1 Å². The summed E-state index contributed by atoms with van der Waals surface area (Å²) >= 11 is 0. The maximum Gasteiger partial charge on any atom is 0.337 e. The highest BCUT2D eigenvalue weighted by Gasteiger charge is 2.20. The molecule has 0 aromatic heterocycles. The van der Waals surface area contributed by atoms with E-state index in [1.165, 1.54) is 31.1 Å². The van der Waals surface area contributed by atoms with E-state index in [2.05, 4.69) is 30.4 Å². The highest BCUT2D eigenvalue weighted by Crippen LogP contribution is 2.29. The van der Waals surface area contributed by atoms with Gasteiger partial charge in [0.05, 0.1) is 7.11 Å². The first-order valence-electron chi connectivity index (χ1n) is 9.79. The van der Waals surface area contributed by atoms with Gasteiger partial charge < -0.3 is 19.9 Å². The van der Waals surface area contributed by atoms with Gasteiger partial charge >= 0.3 is 5.97 Å². The van der Waals surface area contributed by atoms with Crippen molar-refractivity contribution in [1.29, 1.82) is 0 Å². The Morgan fingerprint density at radius 2 is 1.93 bits per heavy atom. The van der Waals surface area contributed by atoms with E-state index >= 15 is 0 Å². The highest BCUT2D eigenvalue weighted by molar-refractivity contribution is 5.74. The number of methoxy groups -OCH3 is 2. The number of carboxylic acid groups (broad SMARTS) is 1. The number of benzene rings is 2. The second-order valence-corrected chi connectivity index (χ2v) is 6.86.